The first-order chi connectivity index (χ1) is 12.1. The van der Waals surface area contributed by atoms with Crippen molar-refractivity contribution in [3.05, 3.63) is 47.7 Å². The van der Waals surface area contributed by atoms with Crippen LogP contribution in [0.4, 0.5) is 10.6 Å². The molecule has 2 N–H and O–H groups in total. The van der Waals surface area contributed by atoms with Crippen molar-refractivity contribution in [1.82, 2.24) is 20.3 Å². The molecule has 0 saturated carbocycles. The number of carbonyl (C=O) groups excluding carboxylic acids is 1. The third-order valence-corrected chi connectivity index (χ3v) is 4.43. The maximum Gasteiger partial charge on any atom is 0.320 e. The van der Waals surface area contributed by atoms with Crippen LogP contribution in [-0.2, 0) is 0 Å². The molecule has 1 aromatic heterocycles. The number of amides is 2. The first-order valence-electron chi connectivity index (χ1n) is 8.57. The molecule has 1 fully saturated rings. The van der Waals surface area contributed by atoms with Gasteiger partial charge in [0.2, 0.25) is 0 Å². The summed E-state index contributed by atoms with van der Waals surface area (Å²) in [6.45, 7) is 6.19. The van der Waals surface area contributed by atoms with Gasteiger partial charge in [0, 0.05) is 44.8 Å². The first kappa shape index (κ1) is 17.4. The number of aryl methyl sites for hydroxylation is 1. The van der Waals surface area contributed by atoms with Crippen molar-refractivity contribution in [3.63, 3.8) is 0 Å². The van der Waals surface area contributed by atoms with Crippen molar-refractivity contribution >= 4 is 11.8 Å². The number of hydrogen-bond donors (Lipinski definition) is 2. The minimum absolute atomic E-state index is 0.265. The van der Waals surface area contributed by atoms with Crippen LogP contribution in [0.5, 0.6) is 0 Å². The third-order valence-electron chi connectivity index (χ3n) is 4.43. The molecule has 0 spiro atoms. The fraction of sp³-hybridized carbons (Fsp3) is 0.444. The molecular formula is C18H25N5O2. The fourth-order valence-corrected chi connectivity index (χ4v) is 3.11. The van der Waals surface area contributed by atoms with Crippen molar-refractivity contribution in [3.8, 4) is 0 Å². The van der Waals surface area contributed by atoms with E-state index in [0.29, 0.717) is 24.2 Å². The molecule has 2 amide bonds. The molecule has 1 unspecified atom stereocenters. The lowest BCUT2D eigenvalue weighted by Gasteiger charge is -2.40. The van der Waals surface area contributed by atoms with Crippen LogP contribution in [0.15, 0.2) is 40.9 Å². The molecule has 1 aliphatic heterocycles. The van der Waals surface area contributed by atoms with E-state index >= 15 is 0 Å². The molecule has 7 nitrogen and oxygen atoms in total. The van der Waals surface area contributed by atoms with E-state index < -0.39 is 0 Å². The van der Waals surface area contributed by atoms with Crippen LogP contribution in [0.2, 0.25) is 0 Å². The number of nitrogens with one attached hydrogen (secondary N) is 2. The number of piperazine rings is 1. The van der Waals surface area contributed by atoms with Crippen LogP contribution in [0.25, 0.3) is 0 Å². The van der Waals surface area contributed by atoms with Crippen LogP contribution in [0.1, 0.15) is 17.4 Å². The third kappa shape index (κ3) is 4.80. The summed E-state index contributed by atoms with van der Waals surface area (Å²) in [5.74, 6) is 1.09. The Morgan fingerprint density at radius 2 is 2.12 bits per heavy atom. The largest absolute Gasteiger partial charge is 0.360 e. The molecule has 0 radical (unpaired) electrons. The van der Waals surface area contributed by atoms with Crippen LogP contribution >= 0.6 is 0 Å². The second-order valence-electron chi connectivity index (χ2n) is 6.43. The van der Waals surface area contributed by atoms with Crippen molar-refractivity contribution < 1.29 is 9.32 Å². The highest BCUT2D eigenvalue weighted by molar-refractivity contribution is 5.88. The molecule has 3 rings (SSSR count). The zero-order valence-corrected chi connectivity index (χ0v) is 14.7. The molecule has 134 valence electrons. The number of nitrogens with zero attached hydrogens (tertiary/aromatic N) is 3. The second kappa shape index (κ2) is 8.13. The number of anilines is 1. The second-order valence-corrected chi connectivity index (χ2v) is 6.43. The molecule has 25 heavy (non-hydrogen) atoms. The predicted molar refractivity (Wildman–Crippen MR) is 96.5 cm³/mol. The number of likely N-dealkylation sites (N-methyl/N-ethyl adjacent to an activating group) is 1. The number of carbonyl (C=O) groups is 1. The van der Waals surface area contributed by atoms with E-state index in [4.69, 9.17) is 4.52 Å². The Morgan fingerprint density at radius 3 is 2.84 bits per heavy atom. The quantitative estimate of drug-likeness (QED) is 0.870. The van der Waals surface area contributed by atoms with Gasteiger partial charge >= 0.3 is 6.03 Å². The van der Waals surface area contributed by atoms with Gasteiger partial charge in [-0.25, -0.2) is 4.79 Å². The van der Waals surface area contributed by atoms with Crippen molar-refractivity contribution in [2.45, 2.75) is 13.0 Å². The maximum absolute atomic E-state index is 11.9. The molecular weight excluding hydrogens is 318 g/mol. The normalized spacial score (nSPS) is 18.9. The highest BCUT2D eigenvalue weighted by Gasteiger charge is 2.26. The Bertz CT molecular complexity index is 688. The minimum Gasteiger partial charge on any atom is -0.360 e. The Kier molecular flexibility index (Phi) is 5.67. The zero-order chi connectivity index (χ0) is 17.6. The lowest BCUT2D eigenvalue weighted by atomic mass is 10.0. The molecule has 2 aromatic rings. The lowest BCUT2D eigenvalue weighted by molar-refractivity contribution is 0.0913. The summed E-state index contributed by atoms with van der Waals surface area (Å²) in [6, 6.07) is 12.3. The summed E-state index contributed by atoms with van der Waals surface area (Å²) in [5.41, 5.74) is 1.32. The van der Waals surface area contributed by atoms with Gasteiger partial charge in [-0.3, -0.25) is 10.2 Å². The van der Waals surface area contributed by atoms with E-state index in [0.717, 1.165) is 26.2 Å². The summed E-state index contributed by atoms with van der Waals surface area (Å²) >= 11 is 0. The monoisotopic (exact) mass is 343 g/mol. The number of benzene rings is 1. The fourth-order valence-electron chi connectivity index (χ4n) is 3.11. The summed E-state index contributed by atoms with van der Waals surface area (Å²) in [4.78, 5) is 16.7. The number of aromatic nitrogens is 1. The Hall–Kier alpha value is -2.38. The van der Waals surface area contributed by atoms with E-state index in [9.17, 15) is 4.79 Å². The average molecular weight is 343 g/mol. The van der Waals surface area contributed by atoms with E-state index in [-0.39, 0.29) is 6.03 Å². The molecule has 2 heterocycles. The van der Waals surface area contributed by atoms with Gasteiger partial charge in [-0.2, -0.15) is 0 Å². The molecule has 0 aliphatic carbocycles. The topological polar surface area (TPSA) is 73.6 Å². The molecule has 7 heteroatoms. The summed E-state index contributed by atoms with van der Waals surface area (Å²) in [6.07, 6.45) is 0. The first-order valence-corrected chi connectivity index (χ1v) is 8.57. The number of urea groups is 1. The van der Waals surface area contributed by atoms with Crippen LogP contribution in [0, 0.1) is 6.92 Å². The highest BCUT2D eigenvalue weighted by atomic mass is 16.5. The average Bonchev–Trinajstić information content (AvgIpc) is 3.01. The van der Waals surface area contributed by atoms with E-state index in [1.54, 1.807) is 13.0 Å². The van der Waals surface area contributed by atoms with Crippen molar-refractivity contribution in [2.75, 3.05) is 45.1 Å². The van der Waals surface area contributed by atoms with Gasteiger partial charge in [0.15, 0.2) is 5.82 Å². The van der Waals surface area contributed by atoms with Gasteiger partial charge in [-0.05, 0) is 19.5 Å². The molecule has 1 aromatic carbocycles. The summed E-state index contributed by atoms with van der Waals surface area (Å²) in [7, 11) is 2.15. The number of hydrogen-bond acceptors (Lipinski definition) is 5. The van der Waals surface area contributed by atoms with Crippen LogP contribution in [0.3, 0.4) is 0 Å². The highest BCUT2D eigenvalue weighted by Crippen LogP contribution is 2.24. The van der Waals surface area contributed by atoms with Crippen LogP contribution < -0.4 is 10.6 Å². The van der Waals surface area contributed by atoms with Gasteiger partial charge in [0.25, 0.3) is 0 Å². The van der Waals surface area contributed by atoms with E-state index in [2.05, 4.69) is 56.9 Å². The standard InChI is InChI=1S/C18H25N5O2/c1-14-12-17(21-25-14)20-18(24)19-8-9-23-11-10-22(2)13-16(23)15-6-4-3-5-7-15/h3-7,12,16H,8-11,13H2,1-2H3,(H2,19,20,21,24). The lowest BCUT2D eigenvalue weighted by Crippen LogP contribution is -2.49. The van der Waals surface area contributed by atoms with Crippen molar-refractivity contribution in [1.29, 1.82) is 0 Å². The minimum atomic E-state index is -0.265. The summed E-state index contributed by atoms with van der Waals surface area (Å²) < 4.78 is 4.93. The molecule has 0 bridgehead atoms. The van der Waals surface area contributed by atoms with Crippen LogP contribution in [-0.4, -0.2) is 60.8 Å². The predicted octanol–water partition coefficient (Wildman–Crippen LogP) is 2.09. The van der Waals surface area contributed by atoms with Crippen molar-refractivity contribution in [2.24, 2.45) is 0 Å². The van der Waals surface area contributed by atoms with Gasteiger partial charge in [-0.1, -0.05) is 35.5 Å². The molecule has 1 aliphatic rings. The van der Waals surface area contributed by atoms with Gasteiger partial charge < -0.3 is 14.7 Å². The van der Waals surface area contributed by atoms with Gasteiger partial charge in [0.05, 0.1) is 0 Å². The number of rotatable bonds is 5. The molecule has 1 saturated heterocycles. The zero-order valence-electron chi connectivity index (χ0n) is 14.7. The Labute approximate surface area is 148 Å². The summed E-state index contributed by atoms with van der Waals surface area (Å²) in [5, 5.41) is 9.30. The molecule has 1 atom stereocenters. The Morgan fingerprint density at radius 1 is 1.32 bits per heavy atom. The Balaban J connectivity index is 1.51. The van der Waals surface area contributed by atoms with E-state index in [1.807, 2.05) is 6.07 Å². The maximum atomic E-state index is 11.9. The van der Waals surface area contributed by atoms with Gasteiger partial charge in [-0.15, -0.1) is 0 Å². The van der Waals surface area contributed by atoms with Gasteiger partial charge in [0.1, 0.15) is 5.76 Å². The smallest absolute Gasteiger partial charge is 0.320 e. The van der Waals surface area contributed by atoms with E-state index in [1.165, 1.54) is 5.56 Å². The SMILES string of the molecule is Cc1cc(NC(=O)NCCN2CCN(C)CC2c2ccccc2)no1.